The molecule has 0 aliphatic rings. The Kier molecular flexibility index (Phi) is 4.95. The van der Waals surface area contributed by atoms with Crippen LogP contribution >= 0.6 is 0 Å². The number of benzene rings is 1. The van der Waals surface area contributed by atoms with Crippen molar-refractivity contribution in [2.45, 2.75) is 6.61 Å². The van der Waals surface area contributed by atoms with Gasteiger partial charge in [-0.1, -0.05) is 0 Å². The normalized spacial score (nSPS) is 10.8. The third-order valence-corrected chi connectivity index (χ3v) is 2.11. The summed E-state index contributed by atoms with van der Waals surface area (Å²) in [5.41, 5.74) is -0.660. The van der Waals surface area contributed by atoms with Crippen molar-refractivity contribution in [1.29, 1.82) is 0 Å². The van der Waals surface area contributed by atoms with E-state index in [-0.39, 0.29) is 11.3 Å². The first-order valence-electron chi connectivity index (χ1n) is 5.07. The third kappa shape index (κ3) is 3.90. The van der Waals surface area contributed by atoms with Gasteiger partial charge in [-0.3, -0.25) is 10.1 Å². The van der Waals surface area contributed by atoms with Crippen molar-refractivity contribution in [3.05, 3.63) is 33.9 Å². The highest BCUT2D eigenvalue weighted by molar-refractivity contribution is 5.86. The molecule has 0 radical (unpaired) electrons. The number of carbonyl (C=O) groups is 1. The van der Waals surface area contributed by atoms with Crippen molar-refractivity contribution in [2.24, 2.45) is 0 Å². The van der Waals surface area contributed by atoms with Gasteiger partial charge in [0.05, 0.1) is 18.1 Å². The minimum atomic E-state index is -3.19. The fourth-order valence-corrected chi connectivity index (χ4v) is 1.37. The number of hydrogen-bond acceptors (Lipinski definition) is 5. The predicted molar refractivity (Wildman–Crippen MR) is 63.0 cm³/mol. The van der Waals surface area contributed by atoms with Gasteiger partial charge in [-0.15, -0.1) is 0 Å². The Labute approximate surface area is 111 Å². The van der Waals surface area contributed by atoms with E-state index in [0.717, 1.165) is 25.3 Å². The van der Waals surface area contributed by atoms with Crippen molar-refractivity contribution in [3.8, 4) is 11.5 Å². The van der Waals surface area contributed by atoms with Gasteiger partial charge in [0.15, 0.2) is 11.5 Å². The fraction of sp³-hybridized carbons (Fsp3) is 0.182. The second kappa shape index (κ2) is 6.45. The Balaban J connectivity index is 3.43. The van der Waals surface area contributed by atoms with Crippen molar-refractivity contribution >= 4 is 17.7 Å². The lowest BCUT2D eigenvalue weighted by molar-refractivity contribution is -0.385. The molecule has 0 heterocycles. The van der Waals surface area contributed by atoms with Crippen LogP contribution in [-0.2, 0) is 4.79 Å². The lowest BCUT2D eigenvalue weighted by Gasteiger charge is -2.12. The van der Waals surface area contributed by atoms with Crippen molar-refractivity contribution in [3.63, 3.8) is 0 Å². The van der Waals surface area contributed by atoms with Gasteiger partial charge in [0.25, 0.3) is 5.69 Å². The number of alkyl halides is 2. The molecule has 7 nitrogen and oxygen atoms in total. The minimum Gasteiger partial charge on any atom is -0.493 e. The summed E-state index contributed by atoms with van der Waals surface area (Å²) in [4.78, 5) is 20.4. The molecule has 20 heavy (non-hydrogen) atoms. The van der Waals surface area contributed by atoms with E-state index >= 15 is 0 Å². The maximum Gasteiger partial charge on any atom is 0.387 e. The number of rotatable bonds is 6. The van der Waals surface area contributed by atoms with Gasteiger partial charge >= 0.3 is 12.6 Å². The highest BCUT2D eigenvalue weighted by Crippen LogP contribution is 2.37. The molecular formula is C11H9F2NO6. The Morgan fingerprint density at radius 2 is 2.15 bits per heavy atom. The van der Waals surface area contributed by atoms with Gasteiger partial charge in [0, 0.05) is 17.7 Å². The number of carboxylic acids is 1. The maximum absolute atomic E-state index is 12.3. The molecule has 0 spiro atoms. The Morgan fingerprint density at radius 1 is 1.50 bits per heavy atom. The smallest absolute Gasteiger partial charge is 0.387 e. The van der Waals surface area contributed by atoms with E-state index < -0.39 is 28.9 Å². The minimum absolute atomic E-state index is 0.209. The Bertz CT molecular complexity index is 558. The van der Waals surface area contributed by atoms with Crippen molar-refractivity contribution in [2.75, 3.05) is 7.11 Å². The zero-order valence-electron chi connectivity index (χ0n) is 10.1. The molecule has 0 bridgehead atoms. The summed E-state index contributed by atoms with van der Waals surface area (Å²) in [7, 11) is 1.11. The lowest BCUT2D eigenvalue weighted by atomic mass is 10.1. The number of halogens is 2. The largest absolute Gasteiger partial charge is 0.493 e. The quantitative estimate of drug-likeness (QED) is 0.490. The molecule has 0 aliphatic heterocycles. The summed E-state index contributed by atoms with van der Waals surface area (Å²) in [6.45, 7) is -3.19. The van der Waals surface area contributed by atoms with Crippen LogP contribution in [0, 0.1) is 10.1 Å². The summed E-state index contributed by atoms with van der Waals surface area (Å²) >= 11 is 0. The second-order valence-electron chi connectivity index (χ2n) is 3.37. The number of methoxy groups -OCH3 is 1. The van der Waals surface area contributed by atoms with Crippen LogP contribution in [0.1, 0.15) is 5.56 Å². The van der Waals surface area contributed by atoms with E-state index in [1.54, 1.807) is 0 Å². The highest BCUT2D eigenvalue weighted by atomic mass is 19.3. The van der Waals surface area contributed by atoms with Crippen LogP contribution in [-0.4, -0.2) is 29.7 Å². The van der Waals surface area contributed by atoms with Crippen LogP contribution in [0.25, 0.3) is 6.08 Å². The van der Waals surface area contributed by atoms with Gasteiger partial charge in [0.2, 0.25) is 0 Å². The standard InChI is InChI=1S/C11H9F2NO6/c1-19-8-5-7(14(17)18)4-6(2-3-9(15)16)10(8)20-11(12)13/h2-5,11H,1H3,(H,15,16)/b3-2+. The number of hydrogen-bond donors (Lipinski definition) is 1. The van der Waals surface area contributed by atoms with Crippen LogP contribution in [0.3, 0.4) is 0 Å². The average molecular weight is 289 g/mol. The van der Waals surface area contributed by atoms with E-state index in [1.807, 2.05) is 0 Å². The number of ether oxygens (including phenoxy) is 2. The summed E-state index contributed by atoms with van der Waals surface area (Å²) in [5, 5.41) is 19.2. The number of carboxylic acid groups (broad SMARTS) is 1. The molecule has 1 N–H and O–H groups in total. The molecule has 0 saturated carbocycles. The van der Waals surface area contributed by atoms with Gasteiger partial charge in [-0.25, -0.2) is 4.79 Å². The zero-order chi connectivity index (χ0) is 15.3. The zero-order valence-corrected chi connectivity index (χ0v) is 10.1. The second-order valence-corrected chi connectivity index (χ2v) is 3.37. The first kappa shape index (κ1) is 15.3. The topological polar surface area (TPSA) is 98.9 Å². The van der Waals surface area contributed by atoms with E-state index in [4.69, 9.17) is 9.84 Å². The molecule has 0 unspecified atom stereocenters. The lowest BCUT2D eigenvalue weighted by Crippen LogP contribution is -2.06. The number of nitro groups is 1. The van der Waals surface area contributed by atoms with Crippen LogP contribution in [0.5, 0.6) is 11.5 Å². The fourth-order valence-electron chi connectivity index (χ4n) is 1.37. The molecule has 1 rings (SSSR count). The molecule has 9 heteroatoms. The SMILES string of the molecule is COc1cc([N+](=O)[O-])cc(/C=C/C(=O)O)c1OC(F)F. The molecule has 0 aliphatic carbocycles. The molecule has 0 fully saturated rings. The van der Waals surface area contributed by atoms with Gasteiger partial charge in [-0.05, 0) is 6.08 Å². The summed E-state index contributed by atoms with van der Waals surface area (Å²) in [6, 6.07) is 1.80. The van der Waals surface area contributed by atoms with Crippen molar-refractivity contribution < 1.29 is 33.1 Å². The van der Waals surface area contributed by atoms with Gasteiger partial charge < -0.3 is 14.6 Å². The van der Waals surface area contributed by atoms with Crippen LogP contribution in [0.4, 0.5) is 14.5 Å². The van der Waals surface area contributed by atoms with E-state index in [2.05, 4.69) is 4.74 Å². The van der Waals surface area contributed by atoms with E-state index in [1.165, 1.54) is 0 Å². The predicted octanol–water partition coefficient (Wildman–Crippen LogP) is 2.30. The third-order valence-electron chi connectivity index (χ3n) is 2.11. The molecule has 1 aromatic carbocycles. The van der Waals surface area contributed by atoms with Gasteiger partial charge in [0.1, 0.15) is 0 Å². The van der Waals surface area contributed by atoms with Crippen LogP contribution in [0.15, 0.2) is 18.2 Å². The first-order valence-corrected chi connectivity index (χ1v) is 5.07. The molecule has 108 valence electrons. The number of aliphatic carboxylic acids is 1. The molecule has 0 amide bonds. The van der Waals surface area contributed by atoms with Gasteiger partial charge in [-0.2, -0.15) is 8.78 Å². The van der Waals surface area contributed by atoms with Crippen LogP contribution in [0.2, 0.25) is 0 Å². The van der Waals surface area contributed by atoms with Crippen molar-refractivity contribution in [1.82, 2.24) is 0 Å². The first-order chi connectivity index (χ1) is 9.35. The number of nitrogens with zero attached hydrogens (tertiary/aromatic N) is 1. The Morgan fingerprint density at radius 3 is 2.60 bits per heavy atom. The number of nitro benzene ring substituents is 1. The summed E-state index contributed by atoms with van der Waals surface area (Å²) in [5.74, 6) is -2.13. The van der Waals surface area contributed by atoms with Crippen LogP contribution < -0.4 is 9.47 Å². The summed E-state index contributed by atoms with van der Waals surface area (Å²) in [6.07, 6.45) is 1.53. The van der Waals surface area contributed by atoms with E-state index in [0.29, 0.717) is 6.08 Å². The molecule has 0 aromatic heterocycles. The molecular weight excluding hydrogens is 280 g/mol. The monoisotopic (exact) mass is 289 g/mol. The highest BCUT2D eigenvalue weighted by Gasteiger charge is 2.20. The molecule has 0 saturated heterocycles. The Hall–Kier alpha value is -2.71. The molecule has 0 atom stereocenters. The maximum atomic E-state index is 12.3. The summed E-state index contributed by atoms with van der Waals surface area (Å²) < 4.78 is 33.6. The molecule has 1 aromatic rings. The average Bonchev–Trinajstić information content (AvgIpc) is 2.36. The number of non-ortho nitro benzene ring substituents is 1. The van der Waals surface area contributed by atoms with E-state index in [9.17, 15) is 23.7 Å².